The van der Waals surface area contributed by atoms with Crippen LogP contribution >= 0.6 is 0 Å². The smallest absolute Gasteiger partial charge is 0.241 e. The van der Waals surface area contributed by atoms with Crippen molar-refractivity contribution in [3.05, 3.63) is 59.7 Å². The van der Waals surface area contributed by atoms with E-state index < -0.39 is 0 Å². The summed E-state index contributed by atoms with van der Waals surface area (Å²) >= 11 is 0. The second-order valence-electron chi connectivity index (χ2n) is 11.0. The van der Waals surface area contributed by atoms with E-state index >= 15 is 0 Å². The Labute approximate surface area is 204 Å². The zero-order valence-corrected chi connectivity index (χ0v) is 21.0. The van der Waals surface area contributed by atoms with Crippen LogP contribution in [-0.2, 0) is 26.3 Å². The zero-order valence-electron chi connectivity index (χ0n) is 21.0. The Morgan fingerprint density at radius 2 is 1.68 bits per heavy atom. The molecule has 1 aromatic carbocycles. The number of likely N-dealkylation sites (tertiary alicyclic amines) is 1. The molecule has 2 unspecified atom stereocenters. The summed E-state index contributed by atoms with van der Waals surface area (Å²) in [4.78, 5) is 28.0. The lowest BCUT2D eigenvalue weighted by Gasteiger charge is -2.42. The molecule has 1 spiro atoms. The van der Waals surface area contributed by atoms with Crippen molar-refractivity contribution < 1.29 is 14.3 Å². The quantitative estimate of drug-likeness (QED) is 0.739. The monoisotopic (exact) mass is 465 g/mol. The number of piperidine rings is 1. The van der Waals surface area contributed by atoms with Crippen molar-refractivity contribution in [2.24, 2.45) is 0 Å². The van der Waals surface area contributed by atoms with Gasteiger partial charge in [-0.3, -0.25) is 14.5 Å². The average molecular weight is 466 g/mol. The summed E-state index contributed by atoms with van der Waals surface area (Å²) in [6, 6.07) is 9.25. The molecule has 34 heavy (non-hydrogen) atoms. The highest BCUT2D eigenvalue weighted by Crippen LogP contribution is 2.37. The number of carbonyl (C=O) groups is 2. The van der Waals surface area contributed by atoms with E-state index in [4.69, 9.17) is 4.74 Å². The zero-order chi connectivity index (χ0) is 24.3. The van der Waals surface area contributed by atoms with Gasteiger partial charge in [0.05, 0.1) is 24.3 Å². The number of rotatable bonds is 4. The van der Waals surface area contributed by atoms with E-state index in [9.17, 15) is 9.59 Å². The number of hydrogen-bond donors (Lipinski definition) is 1. The topological polar surface area (TPSA) is 61.9 Å². The summed E-state index contributed by atoms with van der Waals surface area (Å²) in [5, 5.41) is 2.62. The number of carbonyl (C=O) groups excluding carboxylic acids is 2. The van der Waals surface area contributed by atoms with Crippen molar-refractivity contribution in [3.8, 4) is 0 Å². The minimum atomic E-state index is -0.214. The summed E-state index contributed by atoms with van der Waals surface area (Å²) in [6.07, 6.45) is 11.3. The third kappa shape index (κ3) is 5.78. The van der Waals surface area contributed by atoms with Crippen LogP contribution in [0.5, 0.6) is 0 Å². The number of nitrogens with one attached hydrogen (secondary N) is 1. The molecule has 2 amide bonds. The molecule has 1 N–H and O–H groups in total. The number of amides is 2. The van der Waals surface area contributed by atoms with Crippen LogP contribution in [0, 0.1) is 0 Å². The summed E-state index contributed by atoms with van der Waals surface area (Å²) < 4.78 is 6.81. The van der Waals surface area contributed by atoms with E-state index in [1.54, 1.807) is 0 Å². The summed E-state index contributed by atoms with van der Waals surface area (Å²) in [6.45, 7) is 11.4. The minimum Gasteiger partial charge on any atom is -0.366 e. The van der Waals surface area contributed by atoms with Gasteiger partial charge in [-0.25, -0.2) is 0 Å². The van der Waals surface area contributed by atoms with Crippen molar-refractivity contribution in [1.82, 2.24) is 15.1 Å². The van der Waals surface area contributed by atoms with E-state index in [0.717, 1.165) is 32.4 Å². The second-order valence-corrected chi connectivity index (χ2v) is 11.0. The highest BCUT2D eigenvalue weighted by Gasteiger charge is 2.43. The summed E-state index contributed by atoms with van der Waals surface area (Å²) in [5.74, 6) is -0.192. The Morgan fingerprint density at radius 1 is 1.03 bits per heavy atom. The average Bonchev–Trinajstić information content (AvgIpc) is 2.95. The molecule has 0 radical (unpaired) electrons. The molecule has 6 heteroatoms. The number of benzene rings is 1. The standard InChI is InChI=1S/C28H39N3O3/c1-21(32)29-19-26(33)30-16-13-28(14-17-30)15-18-31(24-7-5-6-8-25(24)34-28)20-22-9-11-23(12-10-22)27(2,3)4/h5-12,24-25H,13-20H2,1-4H3,(H,29,32). The van der Waals surface area contributed by atoms with Crippen molar-refractivity contribution in [2.45, 2.75) is 76.7 Å². The fourth-order valence-electron chi connectivity index (χ4n) is 5.23. The molecule has 6 nitrogen and oxygen atoms in total. The van der Waals surface area contributed by atoms with Crippen LogP contribution in [0.1, 0.15) is 58.1 Å². The highest BCUT2D eigenvalue weighted by atomic mass is 16.5. The third-order valence-electron chi connectivity index (χ3n) is 7.44. The lowest BCUT2D eigenvalue weighted by molar-refractivity contribution is -0.142. The predicted octanol–water partition coefficient (Wildman–Crippen LogP) is 3.57. The Bertz CT molecular complexity index is 937. The molecule has 2 heterocycles. The van der Waals surface area contributed by atoms with Crippen LogP contribution in [0.15, 0.2) is 48.6 Å². The number of ether oxygens (including phenoxy) is 1. The van der Waals surface area contributed by atoms with Crippen LogP contribution in [-0.4, -0.2) is 65.5 Å². The molecule has 2 fully saturated rings. The Morgan fingerprint density at radius 3 is 2.32 bits per heavy atom. The van der Waals surface area contributed by atoms with E-state index in [0.29, 0.717) is 13.1 Å². The van der Waals surface area contributed by atoms with Crippen LogP contribution in [0.25, 0.3) is 0 Å². The fourth-order valence-corrected chi connectivity index (χ4v) is 5.23. The fraction of sp³-hybridized carbons (Fsp3) is 0.571. The van der Waals surface area contributed by atoms with E-state index in [2.05, 4.69) is 79.6 Å². The largest absolute Gasteiger partial charge is 0.366 e. The molecular weight excluding hydrogens is 426 g/mol. The molecule has 3 aliphatic rings. The van der Waals surface area contributed by atoms with Gasteiger partial charge in [0.25, 0.3) is 0 Å². The van der Waals surface area contributed by atoms with Gasteiger partial charge in [-0.2, -0.15) is 0 Å². The number of hydrogen-bond acceptors (Lipinski definition) is 4. The van der Waals surface area contributed by atoms with Crippen LogP contribution in [0.3, 0.4) is 0 Å². The lowest BCUT2D eigenvalue weighted by atomic mass is 9.86. The van der Waals surface area contributed by atoms with Crippen molar-refractivity contribution in [1.29, 1.82) is 0 Å². The molecule has 1 aliphatic carbocycles. The minimum absolute atomic E-state index is 0.0163. The summed E-state index contributed by atoms with van der Waals surface area (Å²) in [5.41, 5.74) is 2.62. The number of fused-ring (bicyclic) bond motifs is 1. The van der Waals surface area contributed by atoms with E-state index in [1.165, 1.54) is 18.1 Å². The number of nitrogens with zero attached hydrogens (tertiary/aromatic N) is 2. The van der Waals surface area contributed by atoms with E-state index in [1.807, 2.05) is 4.90 Å². The van der Waals surface area contributed by atoms with Gasteiger partial charge < -0.3 is 15.0 Å². The van der Waals surface area contributed by atoms with Crippen LogP contribution < -0.4 is 5.32 Å². The Hall–Kier alpha value is -2.44. The summed E-state index contributed by atoms with van der Waals surface area (Å²) in [7, 11) is 0. The maximum atomic E-state index is 12.5. The van der Waals surface area contributed by atoms with Crippen LogP contribution in [0.2, 0.25) is 0 Å². The molecule has 184 valence electrons. The van der Waals surface area contributed by atoms with Crippen molar-refractivity contribution in [3.63, 3.8) is 0 Å². The first-order chi connectivity index (χ1) is 16.2. The second kappa shape index (κ2) is 10.0. The molecule has 2 aliphatic heterocycles. The van der Waals surface area contributed by atoms with Gasteiger partial charge in [0.2, 0.25) is 11.8 Å². The predicted molar refractivity (Wildman–Crippen MR) is 134 cm³/mol. The van der Waals surface area contributed by atoms with Crippen molar-refractivity contribution >= 4 is 11.8 Å². The lowest BCUT2D eigenvalue weighted by Crippen LogP contribution is -2.51. The van der Waals surface area contributed by atoms with Gasteiger partial charge in [0, 0.05) is 33.1 Å². The molecule has 4 rings (SSSR count). The van der Waals surface area contributed by atoms with E-state index in [-0.39, 0.29) is 41.5 Å². The number of allylic oxidation sites excluding steroid dienone is 2. The highest BCUT2D eigenvalue weighted by molar-refractivity contribution is 5.83. The first kappa shape index (κ1) is 24.7. The van der Waals surface area contributed by atoms with Gasteiger partial charge in [-0.05, 0) is 35.8 Å². The van der Waals surface area contributed by atoms with Gasteiger partial charge >= 0.3 is 0 Å². The molecule has 0 bridgehead atoms. The molecule has 0 saturated carbocycles. The molecule has 0 aromatic heterocycles. The Kier molecular flexibility index (Phi) is 7.29. The van der Waals surface area contributed by atoms with Crippen molar-refractivity contribution in [2.75, 3.05) is 26.2 Å². The SMILES string of the molecule is CC(=O)NCC(=O)N1CCC2(CC1)CCN(Cc1ccc(C(C)(C)C)cc1)C1C=CC=CC1O2. The normalized spacial score (nSPS) is 24.5. The first-order valence-electron chi connectivity index (χ1n) is 12.5. The van der Waals surface area contributed by atoms with Gasteiger partial charge in [-0.15, -0.1) is 0 Å². The first-order valence-corrected chi connectivity index (χ1v) is 12.5. The maximum absolute atomic E-state index is 12.5. The third-order valence-corrected chi connectivity index (χ3v) is 7.44. The van der Waals surface area contributed by atoms with Crippen LogP contribution in [0.4, 0.5) is 0 Å². The molecular formula is C28H39N3O3. The Balaban J connectivity index is 1.43. The molecule has 2 atom stereocenters. The maximum Gasteiger partial charge on any atom is 0.241 e. The van der Waals surface area contributed by atoms with Gasteiger partial charge in [0.15, 0.2) is 0 Å². The molecule has 2 saturated heterocycles. The van der Waals surface area contributed by atoms with Gasteiger partial charge in [-0.1, -0.05) is 69.3 Å². The molecule has 1 aromatic rings. The van der Waals surface area contributed by atoms with Gasteiger partial charge in [0.1, 0.15) is 0 Å².